The van der Waals surface area contributed by atoms with Crippen LogP contribution >= 0.6 is 0 Å². The predicted octanol–water partition coefficient (Wildman–Crippen LogP) is 3.90. The Bertz CT molecular complexity index is 593. The summed E-state index contributed by atoms with van der Waals surface area (Å²) < 4.78 is 5.60. The van der Waals surface area contributed by atoms with Gasteiger partial charge in [0.1, 0.15) is 12.4 Å². The van der Waals surface area contributed by atoms with Gasteiger partial charge in [-0.15, -0.1) is 0 Å². The summed E-state index contributed by atoms with van der Waals surface area (Å²) in [5.41, 5.74) is 3.16. The number of unbranched alkanes of at least 4 members (excludes halogenated alkanes) is 1. The zero-order chi connectivity index (χ0) is 17.0. The Labute approximate surface area is 145 Å². The molecule has 2 rings (SSSR count). The molecule has 24 heavy (non-hydrogen) atoms. The molecule has 0 aromatic heterocycles. The van der Waals surface area contributed by atoms with Crippen LogP contribution in [0.2, 0.25) is 0 Å². The van der Waals surface area contributed by atoms with Gasteiger partial charge in [0.15, 0.2) is 0 Å². The Morgan fingerprint density at radius 2 is 1.50 bits per heavy atom. The minimum absolute atomic E-state index is 0.667. The predicted molar refractivity (Wildman–Crippen MR) is 102 cm³/mol. The van der Waals surface area contributed by atoms with Crippen LogP contribution in [-0.2, 0) is 0 Å². The van der Waals surface area contributed by atoms with E-state index in [0.29, 0.717) is 6.61 Å². The average molecular weight is 322 g/mol. The standard InChI is InChI=1S/C21H26N2O/c1-3-4-15-23-20-11-7-18(8-12-20)5-6-19-9-13-21(14-10-19)24-17-16-22-2/h7-14,22-23H,3-4,15-17H2,1-2H3. The van der Waals surface area contributed by atoms with E-state index in [1.54, 1.807) is 0 Å². The van der Waals surface area contributed by atoms with Crippen molar-refractivity contribution in [3.8, 4) is 17.6 Å². The Balaban J connectivity index is 1.89. The molecule has 126 valence electrons. The van der Waals surface area contributed by atoms with Crippen LogP contribution in [0, 0.1) is 11.8 Å². The summed E-state index contributed by atoms with van der Waals surface area (Å²) >= 11 is 0. The summed E-state index contributed by atoms with van der Waals surface area (Å²) in [6, 6.07) is 16.2. The fourth-order valence-electron chi connectivity index (χ4n) is 2.13. The molecule has 2 N–H and O–H groups in total. The number of ether oxygens (including phenoxy) is 1. The minimum atomic E-state index is 0.667. The van der Waals surface area contributed by atoms with Gasteiger partial charge in [0.05, 0.1) is 0 Å². The second-order valence-electron chi connectivity index (χ2n) is 5.58. The molecule has 0 unspecified atom stereocenters. The molecule has 0 amide bonds. The number of likely N-dealkylation sites (N-methyl/N-ethyl adjacent to an activating group) is 1. The number of rotatable bonds is 8. The number of anilines is 1. The zero-order valence-electron chi connectivity index (χ0n) is 14.6. The van der Waals surface area contributed by atoms with Crippen molar-refractivity contribution in [2.45, 2.75) is 19.8 Å². The Morgan fingerprint density at radius 1 is 0.875 bits per heavy atom. The van der Waals surface area contributed by atoms with Gasteiger partial charge in [0, 0.05) is 29.9 Å². The number of hydrogen-bond acceptors (Lipinski definition) is 3. The van der Waals surface area contributed by atoms with E-state index in [-0.39, 0.29) is 0 Å². The molecule has 0 bridgehead atoms. The fourth-order valence-corrected chi connectivity index (χ4v) is 2.13. The Morgan fingerprint density at radius 3 is 2.08 bits per heavy atom. The van der Waals surface area contributed by atoms with Gasteiger partial charge < -0.3 is 15.4 Å². The Kier molecular flexibility index (Phi) is 7.73. The van der Waals surface area contributed by atoms with Crippen LogP contribution in [0.15, 0.2) is 48.5 Å². The average Bonchev–Trinajstić information content (AvgIpc) is 2.63. The van der Waals surface area contributed by atoms with E-state index in [0.717, 1.165) is 35.7 Å². The lowest BCUT2D eigenvalue weighted by Gasteiger charge is -2.05. The summed E-state index contributed by atoms with van der Waals surface area (Å²) in [5.74, 6) is 7.26. The third-order valence-corrected chi connectivity index (χ3v) is 3.57. The van der Waals surface area contributed by atoms with Crippen molar-refractivity contribution in [2.24, 2.45) is 0 Å². The highest BCUT2D eigenvalue weighted by molar-refractivity contribution is 5.50. The highest BCUT2D eigenvalue weighted by Crippen LogP contribution is 2.12. The summed E-state index contributed by atoms with van der Waals surface area (Å²) in [6.07, 6.45) is 2.39. The van der Waals surface area contributed by atoms with Crippen LogP contribution in [0.4, 0.5) is 5.69 Å². The van der Waals surface area contributed by atoms with E-state index in [1.807, 2.05) is 31.3 Å². The minimum Gasteiger partial charge on any atom is -0.492 e. The second kappa shape index (κ2) is 10.4. The second-order valence-corrected chi connectivity index (χ2v) is 5.58. The molecular weight excluding hydrogens is 296 g/mol. The number of benzene rings is 2. The first-order valence-electron chi connectivity index (χ1n) is 8.55. The van der Waals surface area contributed by atoms with Crippen LogP contribution in [0.25, 0.3) is 0 Å². The molecule has 0 saturated carbocycles. The van der Waals surface area contributed by atoms with E-state index in [1.165, 1.54) is 12.8 Å². The van der Waals surface area contributed by atoms with Crippen LogP contribution in [-0.4, -0.2) is 26.7 Å². The maximum Gasteiger partial charge on any atom is 0.119 e. The number of nitrogens with one attached hydrogen (secondary N) is 2. The van der Waals surface area contributed by atoms with E-state index in [2.05, 4.69) is 53.7 Å². The van der Waals surface area contributed by atoms with Crippen molar-refractivity contribution in [1.82, 2.24) is 5.32 Å². The largest absolute Gasteiger partial charge is 0.492 e. The molecule has 0 fully saturated rings. The van der Waals surface area contributed by atoms with E-state index < -0.39 is 0 Å². The molecule has 3 nitrogen and oxygen atoms in total. The molecule has 0 atom stereocenters. The molecule has 2 aromatic rings. The molecule has 0 spiro atoms. The van der Waals surface area contributed by atoms with Gasteiger partial charge >= 0.3 is 0 Å². The zero-order valence-corrected chi connectivity index (χ0v) is 14.6. The van der Waals surface area contributed by atoms with Crippen molar-refractivity contribution in [1.29, 1.82) is 0 Å². The first-order chi connectivity index (χ1) is 11.8. The lowest BCUT2D eigenvalue weighted by Crippen LogP contribution is -2.15. The normalized spacial score (nSPS) is 9.92. The highest BCUT2D eigenvalue weighted by atomic mass is 16.5. The highest BCUT2D eigenvalue weighted by Gasteiger charge is 1.94. The SMILES string of the molecule is CCCCNc1ccc(C#Cc2ccc(OCCNC)cc2)cc1. The van der Waals surface area contributed by atoms with Gasteiger partial charge in [-0.25, -0.2) is 0 Å². The summed E-state index contributed by atoms with van der Waals surface area (Å²) in [5, 5.41) is 6.46. The first kappa shape index (κ1) is 17.9. The van der Waals surface area contributed by atoms with Crippen LogP contribution in [0.3, 0.4) is 0 Å². The van der Waals surface area contributed by atoms with E-state index in [4.69, 9.17) is 4.74 Å². The monoisotopic (exact) mass is 322 g/mol. The quantitative estimate of drug-likeness (QED) is 0.571. The van der Waals surface area contributed by atoms with Crippen molar-refractivity contribution < 1.29 is 4.74 Å². The topological polar surface area (TPSA) is 33.3 Å². The van der Waals surface area contributed by atoms with Crippen molar-refractivity contribution in [3.05, 3.63) is 59.7 Å². The lowest BCUT2D eigenvalue weighted by molar-refractivity contribution is 0.318. The summed E-state index contributed by atoms with van der Waals surface area (Å²) in [6.45, 7) is 4.72. The number of hydrogen-bond donors (Lipinski definition) is 2. The third-order valence-electron chi connectivity index (χ3n) is 3.57. The van der Waals surface area contributed by atoms with Gasteiger partial charge in [-0.05, 0) is 62.0 Å². The molecule has 0 radical (unpaired) electrons. The molecule has 0 aliphatic heterocycles. The van der Waals surface area contributed by atoms with Crippen LogP contribution in [0.5, 0.6) is 5.75 Å². The van der Waals surface area contributed by atoms with Crippen molar-refractivity contribution in [2.75, 3.05) is 32.1 Å². The summed E-state index contributed by atoms with van der Waals surface area (Å²) in [7, 11) is 1.91. The van der Waals surface area contributed by atoms with Gasteiger partial charge in [-0.3, -0.25) is 0 Å². The molecule has 0 aliphatic rings. The molecule has 2 aromatic carbocycles. The van der Waals surface area contributed by atoms with Crippen LogP contribution < -0.4 is 15.4 Å². The first-order valence-corrected chi connectivity index (χ1v) is 8.55. The molecule has 3 heteroatoms. The molecule has 0 heterocycles. The maximum atomic E-state index is 5.60. The van der Waals surface area contributed by atoms with E-state index in [9.17, 15) is 0 Å². The third kappa shape index (κ3) is 6.36. The van der Waals surface area contributed by atoms with Gasteiger partial charge in [-0.2, -0.15) is 0 Å². The smallest absolute Gasteiger partial charge is 0.119 e. The molecular formula is C21H26N2O. The van der Waals surface area contributed by atoms with E-state index >= 15 is 0 Å². The van der Waals surface area contributed by atoms with Gasteiger partial charge in [0.2, 0.25) is 0 Å². The molecule has 0 aliphatic carbocycles. The van der Waals surface area contributed by atoms with Crippen LogP contribution in [0.1, 0.15) is 30.9 Å². The Hall–Kier alpha value is -2.44. The summed E-state index contributed by atoms with van der Waals surface area (Å²) in [4.78, 5) is 0. The lowest BCUT2D eigenvalue weighted by atomic mass is 10.1. The van der Waals surface area contributed by atoms with Gasteiger partial charge in [0.25, 0.3) is 0 Å². The molecule has 0 saturated heterocycles. The fraction of sp³-hybridized carbons (Fsp3) is 0.333. The van der Waals surface area contributed by atoms with Crippen molar-refractivity contribution >= 4 is 5.69 Å². The maximum absolute atomic E-state index is 5.60. The van der Waals surface area contributed by atoms with Crippen molar-refractivity contribution in [3.63, 3.8) is 0 Å². The van der Waals surface area contributed by atoms with Gasteiger partial charge in [-0.1, -0.05) is 25.2 Å².